The van der Waals surface area contributed by atoms with Gasteiger partial charge in [0.15, 0.2) is 45.1 Å². The van der Waals surface area contributed by atoms with E-state index in [-0.39, 0.29) is 403 Å². The van der Waals surface area contributed by atoms with Crippen molar-refractivity contribution in [1.82, 2.24) is 67.5 Å². The van der Waals surface area contributed by atoms with Crippen molar-refractivity contribution < 1.29 is 405 Å². The number of thiazole rings is 1. The van der Waals surface area contributed by atoms with E-state index in [9.17, 15) is 112 Å². The van der Waals surface area contributed by atoms with Gasteiger partial charge >= 0.3 is 286 Å². The van der Waals surface area contributed by atoms with E-state index in [0.717, 1.165) is 98.6 Å². The van der Waals surface area contributed by atoms with E-state index in [1.165, 1.54) is 71.3 Å². The van der Waals surface area contributed by atoms with Crippen molar-refractivity contribution in [3.63, 3.8) is 0 Å². The van der Waals surface area contributed by atoms with Gasteiger partial charge in [-0.2, -0.15) is 34.1 Å². The van der Waals surface area contributed by atoms with Crippen LogP contribution in [0.5, 0.6) is 0 Å². The fourth-order valence-electron chi connectivity index (χ4n) is 11.4. The van der Waals surface area contributed by atoms with E-state index >= 15 is 0 Å². The molecule has 8 aromatic heterocycles. The molecule has 0 saturated carbocycles. The summed E-state index contributed by atoms with van der Waals surface area (Å²) in [5.41, 5.74) is 25.4. The van der Waals surface area contributed by atoms with Crippen LogP contribution in [0.3, 0.4) is 0 Å². The molecule has 0 bridgehead atoms. The van der Waals surface area contributed by atoms with Crippen molar-refractivity contribution >= 4 is 247 Å². The van der Waals surface area contributed by atoms with Crippen molar-refractivity contribution in [3.8, 4) is 17.1 Å². The monoisotopic (exact) mass is 2350 g/mol. The number of nitrogens with one attached hydrogen (secondary N) is 2. The molecule has 0 radical (unpaired) electrons. The second-order valence-electron chi connectivity index (χ2n) is 29.8. The van der Waals surface area contributed by atoms with Gasteiger partial charge in [-0.1, -0.05) is 69.6 Å². The number of anilines is 5. The molecule has 8 heterocycles. The molecule has 0 aliphatic carbocycles. The molecule has 14 aromatic rings. The van der Waals surface area contributed by atoms with Crippen molar-refractivity contribution in [2.75, 3.05) is 33.9 Å². The second kappa shape index (κ2) is 55.7. The predicted molar refractivity (Wildman–Crippen MR) is 478 cm³/mol. The molecule has 56 nitrogen and oxygen atoms in total. The largest absolute Gasteiger partial charge is 1.00 e. The Bertz CT molecular complexity index is 8260. The summed E-state index contributed by atoms with van der Waals surface area (Å²) in [5.74, 6) is -4.03. The van der Waals surface area contributed by atoms with Crippen LogP contribution in [0.1, 0.15) is 85.0 Å². The number of fused-ring (bicyclic) bond motifs is 2. The van der Waals surface area contributed by atoms with Gasteiger partial charge in [-0.25, -0.2) is 96.8 Å². The smallest absolute Gasteiger partial charge is 0.744 e. The van der Waals surface area contributed by atoms with E-state index < -0.39 is 141 Å². The number of aromatic carboxylic acids is 2. The minimum absolute atomic E-state index is 0. The van der Waals surface area contributed by atoms with Crippen LogP contribution in [-0.4, -0.2) is 169 Å². The number of hydrogen-bond donors (Lipinski definition) is 6. The van der Waals surface area contributed by atoms with E-state index in [0.29, 0.717) is 62.7 Å². The van der Waals surface area contributed by atoms with E-state index in [1.54, 1.807) is 11.6 Å². The third kappa shape index (κ3) is 35.9. The summed E-state index contributed by atoms with van der Waals surface area (Å²) in [6, 6.07) is 18.2. The summed E-state index contributed by atoms with van der Waals surface area (Å²) in [6.07, 6.45) is 3.37. The van der Waals surface area contributed by atoms with Crippen LogP contribution in [-0.2, 0) is 102 Å². The number of oxazole rings is 1. The summed E-state index contributed by atoms with van der Waals surface area (Å²) in [5, 5.41) is 85.8. The first-order chi connectivity index (χ1) is 64.5. The maximum Gasteiger partial charge on any atom is 1.00 e. The Hall–Kier alpha value is -4.75. The molecule has 14 rings (SSSR count). The van der Waals surface area contributed by atoms with Gasteiger partial charge in [-0.3, -0.25) is 19.3 Å². The van der Waals surface area contributed by atoms with Crippen molar-refractivity contribution in [1.29, 1.82) is 0 Å². The molecule has 147 heavy (non-hydrogen) atoms. The second-order valence-corrected chi connectivity index (χ2v) is 43.7. The molecular formula is C71H59ClK2N28Na6O28S11. The number of azo groups is 4. The number of hydrogen-bond acceptors (Lipinski definition) is 53. The van der Waals surface area contributed by atoms with Crippen molar-refractivity contribution in [2.24, 2.45) is 40.9 Å². The first-order valence-electron chi connectivity index (χ1n) is 37.2. The first kappa shape index (κ1) is 136. The molecule has 0 saturated heterocycles. The topological polar surface area (TPSA) is 873 Å². The Morgan fingerprint density at radius 3 is 1.61 bits per heavy atom. The summed E-state index contributed by atoms with van der Waals surface area (Å²) in [6.45, 7) is 21.3. The molecule has 10 N–H and O–H groups in total. The normalized spacial score (nSPS) is 11.9. The zero-order valence-corrected chi connectivity index (χ0v) is 107. The number of halogens is 1. The Kier molecular flexibility index (Phi) is 51.7. The standard InChI is InChI=1S/C23H19N7O12S4.C18H19N7O6S3.C17H17N7O4S.C13H12ClN7O6S3.2K.6Na/c1-12-21(26-27-23-25-19-7-6-16(44(33,34)35)11-20(19)42-23)22(24)30(28-12)14-2-4-15(5-3-14)43(31,32)29-13-8-17(45(36,37)38)10-18(9-13)46(39,40)41;1-9-13(20-5)17(32-24-9)22-21-14-15(18(2,3)4)23-25(16(14)19)11-8-10(34(27,28)29)6-7-12(11)33-31-30-26;1-17(2,3)12-11(21-22-16-19-7-20-29-16)13(18)24(23-12)10-5-8(14(25)26)4-9(6-10)15(27)28;1-29(23,24)20-11(22)5-21-12(15)8(4-16-21)18-19-13-17-7-2-6(14)10(30(25,26)27)3-9(7)28-13;;;;;;;;/h2-11,29H,24H2,1H3,(H,33,34,35)(H,36,37,38)(H,39,40,41);6-8,26H,19H2,1-4H3,(H,27,28,29);4-7H,18H2,1-3H3,(H,25,26)(H,27,28);2-4H,5,15H2,1H3,(H,20,22)(H,25,26,27);;;;;;;;/q;;;;8*+1/p-8. The molecule has 0 aliphatic rings. The number of aryl methyl sites for hydroxylation is 2. The molecule has 1 amide bonds. The van der Waals surface area contributed by atoms with Gasteiger partial charge in [0.1, 0.15) is 80.5 Å². The van der Waals surface area contributed by atoms with Gasteiger partial charge in [0, 0.05) is 28.4 Å². The van der Waals surface area contributed by atoms with Gasteiger partial charge in [0.25, 0.3) is 15.9 Å². The maximum atomic E-state index is 12.9. The Labute approximate surface area is 1070 Å². The SMILES string of the molecule is CC(C)(C)c1nn(-c2cc(C(=O)[O-])cc(C(=O)[O-])c2)c(N)c1N=Nc1ncns1.CS(=O)(=O)NC(=O)Cn1ncc(N=Nc2nc3cc(Cl)c(S(=O)(=O)[O-])cc3s2)c1N.Cc1nn(-c2ccc(S(=O)(=O)Nc3cc(S(=O)(=O)[O-])cc(S(=O)(=O)[O-])c3)cc2)c(N)c1N=Nc1nc2ccc(S(=O)(=O)[O-])cc2o1.[C-]#[N+]c1c(C)nsc1N=Nc1c(C(C)(C)C)nn(-c2cc(S(=O)(=O)[O-])ccc2SOO[O-])c1N.[K+].[K+].[Na+].[Na+].[Na+].[Na+].[Na+].[Na+]. The summed E-state index contributed by atoms with van der Waals surface area (Å²) in [4.78, 5) is 45.5. The van der Waals surface area contributed by atoms with Gasteiger partial charge in [-0.05, 0) is 140 Å². The molecule has 0 aliphatic heterocycles. The molecule has 732 valence electrons. The first-order valence-corrected chi connectivity index (χ1v) is 51.1. The number of nitrogens with zero attached hydrogens (tertiary/aromatic N) is 22. The zero-order valence-electron chi connectivity index (χ0n) is 79.2. The Balaban J connectivity index is 0.000000503. The number of carbonyl (C=O) groups is 3. The third-order valence-electron chi connectivity index (χ3n) is 17.6. The third-order valence-corrected chi connectivity index (χ3v) is 27.1. The van der Waals surface area contributed by atoms with Crippen LogP contribution < -0.4 is 328 Å². The number of carbonyl (C=O) groups excluding carboxylic acids is 3. The van der Waals surface area contributed by atoms with Crippen LogP contribution in [0.25, 0.3) is 43.2 Å². The van der Waals surface area contributed by atoms with Gasteiger partial charge in [0.2, 0.25) is 26.0 Å². The van der Waals surface area contributed by atoms with Gasteiger partial charge in [-0.15, -0.1) is 35.8 Å². The van der Waals surface area contributed by atoms with Crippen LogP contribution in [0, 0.1) is 20.4 Å². The number of sulfonamides is 2. The quantitative estimate of drug-likeness (QED) is 0.00529. The zero-order chi connectivity index (χ0) is 103. The van der Waals surface area contributed by atoms with E-state index in [1.807, 2.05) is 46.3 Å². The number of carboxylic acids is 2. The summed E-state index contributed by atoms with van der Waals surface area (Å²) in [7, 11) is -33.1. The van der Waals surface area contributed by atoms with Crippen LogP contribution in [0.15, 0.2) is 201 Å². The number of carboxylic acid groups (broad SMARTS) is 2. The molecule has 0 fully saturated rings. The summed E-state index contributed by atoms with van der Waals surface area (Å²) < 4.78 is 245. The number of amides is 1. The van der Waals surface area contributed by atoms with Crippen LogP contribution in [0.2, 0.25) is 5.02 Å². The molecule has 0 spiro atoms. The van der Waals surface area contributed by atoms with Gasteiger partial charge < -0.3 is 75.2 Å². The Morgan fingerprint density at radius 1 is 0.565 bits per heavy atom. The van der Waals surface area contributed by atoms with Crippen LogP contribution >= 0.6 is 58.0 Å². The predicted octanol–water partition coefficient (Wildman–Crippen LogP) is -16.6. The molecule has 6 aromatic carbocycles. The van der Waals surface area contributed by atoms with Crippen molar-refractivity contribution in [3.05, 3.63) is 172 Å². The van der Waals surface area contributed by atoms with E-state index in [4.69, 9.17) is 45.5 Å². The fourth-order valence-corrected chi connectivity index (χ4v) is 18.5. The average molecular weight is 2360 g/mol. The summed E-state index contributed by atoms with van der Waals surface area (Å²) >= 11 is 9.27. The number of nitrogens with two attached hydrogens (primary N) is 4. The Morgan fingerprint density at radius 2 is 1.08 bits per heavy atom. The fraction of sp³-hybridized carbons (Fsp3) is 0.169. The minimum atomic E-state index is -5.27. The number of nitrogen functional groups attached to an aromatic ring is 4. The number of benzene rings is 6. The minimum Gasteiger partial charge on any atom is -0.744 e. The number of aromatic nitrogens is 13. The van der Waals surface area contributed by atoms with Crippen molar-refractivity contribution in [2.45, 2.75) is 107 Å². The van der Waals surface area contributed by atoms with Crippen LogP contribution in [0.4, 0.5) is 78.7 Å². The molecule has 76 heteroatoms. The molecular weight excluding hydrogens is 2300 g/mol. The molecule has 0 unspecified atom stereocenters. The molecule has 0 atom stereocenters. The van der Waals surface area contributed by atoms with E-state index in [2.05, 4.69) is 99.2 Å². The maximum absolute atomic E-state index is 12.9. The van der Waals surface area contributed by atoms with Gasteiger partial charge in [0.05, 0.1) is 138 Å². The number of rotatable bonds is 27. The average Bonchev–Trinajstić information content (AvgIpc) is 1.62.